The number of urea groups is 1. The molecule has 6 nitrogen and oxygen atoms in total. The molecular formula is C16H19N5OS. The molecule has 0 fully saturated rings. The molecule has 2 N–H and O–H groups in total. The Labute approximate surface area is 138 Å². The Morgan fingerprint density at radius 2 is 2.22 bits per heavy atom. The van der Waals surface area contributed by atoms with Crippen molar-refractivity contribution >= 4 is 28.0 Å². The standard InChI is InChI=1S/C16H19N5OS/c1-10(2)14-15(23-9-18-14)20-16(22)17-8-12-11(3)19-13-6-4-5-7-21(12)13/h4-7,9-10H,8H2,1-3H3,(H2,17,20,22). The molecule has 0 radical (unpaired) electrons. The van der Waals surface area contributed by atoms with Crippen LogP contribution >= 0.6 is 11.3 Å². The lowest BCUT2D eigenvalue weighted by atomic mass is 10.1. The Bertz CT molecular complexity index is 836. The first-order valence-corrected chi connectivity index (χ1v) is 8.35. The number of amides is 2. The number of thiazole rings is 1. The molecule has 3 aromatic rings. The Hall–Kier alpha value is -2.41. The molecule has 0 saturated heterocycles. The van der Waals surface area contributed by atoms with Gasteiger partial charge in [0.15, 0.2) is 0 Å². The van der Waals surface area contributed by atoms with Crippen LogP contribution in [0.1, 0.15) is 36.8 Å². The second-order valence-electron chi connectivity index (χ2n) is 5.60. The molecule has 0 aliphatic heterocycles. The van der Waals surface area contributed by atoms with E-state index < -0.39 is 0 Å². The van der Waals surface area contributed by atoms with Crippen LogP contribution in [0.5, 0.6) is 0 Å². The van der Waals surface area contributed by atoms with Crippen LogP contribution in [0.25, 0.3) is 5.65 Å². The molecule has 0 spiro atoms. The van der Waals surface area contributed by atoms with Gasteiger partial charge in [-0.1, -0.05) is 19.9 Å². The number of anilines is 1. The van der Waals surface area contributed by atoms with Crippen molar-refractivity contribution in [3.63, 3.8) is 0 Å². The quantitative estimate of drug-likeness (QED) is 0.769. The van der Waals surface area contributed by atoms with Gasteiger partial charge < -0.3 is 9.72 Å². The third-order valence-corrected chi connectivity index (χ3v) is 4.37. The second-order valence-corrected chi connectivity index (χ2v) is 6.46. The van der Waals surface area contributed by atoms with E-state index in [1.165, 1.54) is 11.3 Å². The van der Waals surface area contributed by atoms with E-state index >= 15 is 0 Å². The molecule has 3 aromatic heterocycles. The summed E-state index contributed by atoms with van der Waals surface area (Å²) in [7, 11) is 0. The van der Waals surface area contributed by atoms with Crippen LogP contribution in [0.3, 0.4) is 0 Å². The number of hydrogen-bond donors (Lipinski definition) is 2. The number of nitrogens with one attached hydrogen (secondary N) is 2. The number of aromatic nitrogens is 3. The Morgan fingerprint density at radius 3 is 3.00 bits per heavy atom. The average Bonchev–Trinajstić information content (AvgIpc) is 3.09. The topological polar surface area (TPSA) is 71.3 Å². The molecule has 0 aromatic carbocycles. The van der Waals surface area contributed by atoms with E-state index in [0.29, 0.717) is 6.54 Å². The molecule has 0 atom stereocenters. The number of rotatable bonds is 4. The predicted octanol–water partition coefficient (Wildman–Crippen LogP) is 3.54. The van der Waals surface area contributed by atoms with Crippen LogP contribution in [0.2, 0.25) is 0 Å². The monoisotopic (exact) mass is 329 g/mol. The highest BCUT2D eigenvalue weighted by Gasteiger charge is 2.14. The smallest absolute Gasteiger partial charge is 0.320 e. The van der Waals surface area contributed by atoms with Crippen molar-refractivity contribution in [1.82, 2.24) is 19.7 Å². The lowest BCUT2D eigenvalue weighted by Crippen LogP contribution is -2.29. The highest BCUT2D eigenvalue weighted by atomic mass is 32.1. The van der Waals surface area contributed by atoms with Crippen LogP contribution in [0, 0.1) is 6.92 Å². The fourth-order valence-corrected chi connectivity index (χ4v) is 3.28. The second kappa shape index (κ2) is 6.37. The maximum atomic E-state index is 12.2. The third-order valence-electron chi connectivity index (χ3n) is 3.61. The van der Waals surface area contributed by atoms with Gasteiger partial charge in [-0.25, -0.2) is 14.8 Å². The van der Waals surface area contributed by atoms with Gasteiger partial charge >= 0.3 is 6.03 Å². The zero-order valence-electron chi connectivity index (χ0n) is 13.3. The van der Waals surface area contributed by atoms with E-state index in [4.69, 9.17) is 0 Å². The number of hydrogen-bond acceptors (Lipinski definition) is 4. The molecule has 0 unspecified atom stereocenters. The van der Waals surface area contributed by atoms with Crippen molar-refractivity contribution in [1.29, 1.82) is 0 Å². The molecule has 3 heterocycles. The number of carbonyl (C=O) groups excluding carboxylic acids is 1. The highest BCUT2D eigenvalue weighted by molar-refractivity contribution is 7.14. The van der Waals surface area contributed by atoms with Gasteiger partial charge in [0.2, 0.25) is 0 Å². The van der Waals surface area contributed by atoms with Gasteiger partial charge in [-0.2, -0.15) is 0 Å². The number of imidazole rings is 1. The summed E-state index contributed by atoms with van der Waals surface area (Å²) in [6.45, 7) is 6.47. The summed E-state index contributed by atoms with van der Waals surface area (Å²) in [6, 6.07) is 5.61. The van der Waals surface area contributed by atoms with Gasteiger partial charge in [-0.15, -0.1) is 11.3 Å². The van der Waals surface area contributed by atoms with Crippen LogP contribution in [-0.4, -0.2) is 20.4 Å². The number of nitrogens with zero attached hydrogens (tertiary/aromatic N) is 3. The SMILES string of the molecule is Cc1nc2ccccn2c1CNC(=O)Nc1scnc1C(C)C. The fourth-order valence-electron chi connectivity index (χ4n) is 2.45. The molecule has 120 valence electrons. The summed E-state index contributed by atoms with van der Waals surface area (Å²) < 4.78 is 1.99. The van der Waals surface area contributed by atoms with Gasteiger partial charge in [0.25, 0.3) is 0 Å². The van der Waals surface area contributed by atoms with Gasteiger partial charge in [-0.05, 0) is 25.0 Å². The van der Waals surface area contributed by atoms with Crippen LogP contribution in [-0.2, 0) is 6.54 Å². The first-order chi connectivity index (χ1) is 11.1. The molecule has 7 heteroatoms. The van der Waals surface area contributed by atoms with Crippen molar-refractivity contribution in [3.05, 3.63) is 47.0 Å². The first-order valence-electron chi connectivity index (χ1n) is 7.47. The molecule has 23 heavy (non-hydrogen) atoms. The summed E-state index contributed by atoms with van der Waals surface area (Å²) in [5, 5.41) is 6.57. The third kappa shape index (κ3) is 3.19. The Kier molecular flexibility index (Phi) is 4.29. The summed E-state index contributed by atoms with van der Waals surface area (Å²) in [4.78, 5) is 20.9. The van der Waals surface area contributed by atoms with E-state index in [1.807, 2.05) is 35.7 Å². The van der Waals surface area contributed by atoms with Gasteiger partial charge in [-0.3, -0.25) is 5.32 Å². The Balaban J connectivity index is 1.69. The van der Waals surface area contributed by atoms with Crippen molar-refractivity contribution in [2.75, 3.05) is 5.32 Å². The predicted molar refractivity (Wildman–Crippen MR) is 92.0 cm³/mol. The summed E-state index contributed by atoms with van der Waals surface area (Å²) in [5.41, 5.74) is 5.43. The van der Waals surface area contributed by atoms with Crippen molar-refractivity contribution < 1.29 is 4.79 Å². The van der Waals surface area contributed by atoms with Gasteiger partial charge in [0.1, 0.15) is 10.6 Å². The molecular weight excluding hydrogens is 310 g/mol. The van der Waals surface area contributed by atoms with Crippen molar-refractivity contribution in [2.45, 2.75) is 33.2 Å². The van der Waals surface area contributed by atoms with E-state index in [0.717, 1.165) is 27.7 Å². The first kappa shape index (κ1) is 15.5. The van der Waals surface area contributed by atoms with Crippen LogP contribution < -0.4 is 10.6 Å². The van der Waals surface area contributed by atoms with E-state index in [2.05, 4.69) is 34.4 Å². The van der Waals surface area contributed by atoms with Crippen LogP contribution in [0.4, 0.5) is 9.80 Å². The Morgan fingerprint density at radius 1 is 1.39 bits per heavy atom. The zero-order valence-corrected chi connectivity index (χ0v) is 14.1. The number of carbonyl (C=O) groups is 1. The zero-order chi connectivity index (χ0) is 16.4. The van der Waals surface area contributed by atoms with Crippen molar-refractivity contribution in [2.24, 2.45) is 0 Å². The number of pyridine rings is 1. The maximum absolute atomic E-state index is 12.2. The minimum atomic E-state index is -0.235. The lowest BCUT2D eigenvalue weighted by molar-refractivity contribution is 0.251. The molecule has 2 amide bonds. The molecule has 0 aliphatic carbocycles. The summed E-state index contributed by atoms with van der Waals surface area (Å²) in [6.07, 6.45) is 1.95. The lowest BCUT2D eigenvalue weighted by Gasteiger charge is -2.09. The highest BCUT2D eigenvalue weighted by Crippen LogP contribution is 2.26. The molecule has 0 aliphatic rings. The molecule has 3 rings (SSSR count). The average molecular weight is 329 g/mol. The maximum Gasteiger partial charge on any atom is 0.320 e. The molecule has 0 saturated carbocycles. The normalized spacial score (nSPS) is 11.1. The van der Waals surface area contributed by atoms with Crippen molar-refractivity contribution in [3.8, 4) is 0 Å². The van der Waals surface area contributed by atoms with Crippen LogP contribution in [0.15, 0.2) is 29.9 Å². The minimum Gasteiger partial charge on any atom is -0.332 e. The van der Waals surface area contributed by atoms with E-state index in [9.17, 15) is 4.79 Å². The molecule has 0 bridgehead atoms. The van der Waals surface area contributed by atoms with E-state index in [-0.39, 0.29) is 11.9 Å². The number of fused-ring (bicyclic) bond motifs is 1. The largest absolute Gasteiger partial charge is 0.332 e. The fraction of sp³-hybridized carbons (Fsp3) is 0.312. The van der Waals surface area contributed by atoms with E-state index in [1.54, 1.807) is 5.51 Å². The number of aryl methyl sites for hydroxylation is 1. The van der Waals surface area contributed by atoms with Gasteiger partial charge in [0.05, 0.1) is 29.1 Å². The minimum absolute atomic E-state index is 0.235. The van der Waals surface area contributed by atoms with Gasteiger partial charge in [0, 0.05) is 6.20 Å². The summed E-state index contributed by atoms with van der Waals surface area (Å²) >= 11 is 1.43. The summed E-state index contributed by atoms with van der Waals surface area (Å²) in [5.74, 6) is 0.276.